The summed E-state index contributed by atoms with van der Waals surface area (Å²) in [6.07, 6.45) is 2.87. The van der Waals surface area contributed by atoms with Crippen LogP contribution in [0.25, 0.3) is 33.4 Å². The SMILES string of the molecule is C=C(C)C(=O)Nc1ccc(-c2c(-c3ccc(Oc4ccc(Cl)cn4)c(O)c3)c3c(N)ncnc3n2C)cc1. The molecule has 3 aromatic heterocycles. The quantitative estimate of drug-likeness (QED) is 0.233. The molecule has 0 unspecified atom stereocenters. The monoisotopic (exact) mass is 526 g/mol. The van der Waals surface area contributed by atoms with Gasteiger partial charge < -0.3 is 25.5 Å². The van der Waals surface area contributed by atoms with Crippen molar-refractivity contribution in [3.8, 4) is 39.8 Å². The number of ether oxygens (including phenoxy) is 1. The van der Waals surface area contributed by atoms with Crippen LogP contribution in [-0.2, 0) is 11.8 Å². The van der Waals surface area contributed by atoms with E-state index in [0.29, 0.717) is 44.6 Å². The Hall–Kier alpha value is -4.89. The number of phenolic OH excluding ortho intramolecular Hbond substituents is 1. The van der Waals surface area contributed by atoms with Crippen LogP contribution in [0.4, 0.5) is 11.5 Å². The molecule has 9 nitrogen and oxygen atoms in total. The third kappa shape index (κ3) is 4.62. The van der Waals surface area contributed by atoms with Crippen LogP contribution in [0.1, 0.15) is 6.92 Å². The number of halogens is 1. The number of amides is 1. The molecule has 2 aromatic carbocycles. The van der Waals surface area contributed by atoms with Gasteiger partial charge in [0, 0.05) is 36.1 Å². The average Bonchev–Trinajstić information content (AvgIpc) is 3.20. The van der Waals surface area contributed by atoms with Crippen LogP contribution in [0.15, 0.2) is 79.3 Å². The Labute approximate surface area is 223 Å². The molecule has 0 aliphatic rings. The van der Waals surface area contributed by atoms with Gasteiger partial charge in [0.05, 0.1) is 16.1 Å². The number of hydrogen-bond acceptors (Lipinski definition) is 7. The van der Waals surface area contributed by atoms with E-state index in [4.69, 9.17) is 22.1 Å². The number of fused-ring (bicyclic) bond motifs is 1. The van der Waals surface area contributed by atoms with Gasteiger partial charge in [-0.05, 0) is 48.4 Å². The number of aromatic nitrogens is 4. The highest BCUT2D eigenvalue weighted by molar-refractivity contribution is 6.30. The Morgan fingerprint density at radius 2 is 1.82 bits per heavy atom. The Balaban J connectivity index is 1.60. The van der Waals surface area contributed by atoms with Gasteiger partial charge in [-0.3, -0.25) is 4.79 Å². The zero-order valence-electron chi connectivity index (χ0n) is 20.6. The number of aromatic hydroxyl groups is 1. The number of benzene rings is 2. The van der Waals surface area contributed by atoms with E-state index in [-0.39, 0.29) is 17.4 Å². The molecule has 10 heteroatoms. The zero-order valence-corrected chi connectivity index (χ0v) is 21.3. The van der Waals surface area contributed by atoms with Crippen LogP contribution in [-0.4, -0.2) is 30.5 Å². The third-order valence-electron chi connectivity index (χ3n) is 5.96. The lowest BCUT2D eigenvalue weighted by atomic mass is 9.98. The lowest BCUT2D eigenvalue weighted by Gasteiger charge is -2.12. The van der Waals surface area contributed by atoms with Crippen molar-refractivity contribution in [1.82, 2.24) is 19.5 Å². The molecule has 190 valence electrons. The molecule has 5 aromatic rings. The Kier molecular flexibility index (Phi) is 6.44. The summed E-state index contributed by atoms with van der Waals surface area (Å²) in [5.41, 5.74) is 11.1. The first-order chi connectivity index (χ1) is 18.2. The Morgan fingerprint density at radius 1 is 1.08 bits per heavy atom. The first-order valence-corrected chi connectivity index (χ1v) is 11.9. The van der Waals surface area contributed by atoms with Crippen LogP contribution in [0.5, 0.6) is 17.4 Å². The van der Waals surface area contributed by atoms with Crippen molar-refractivity contribution in [2.24, 2.45) is 7.05 Å². The normalized spacial score (nSPS) is 10.9. The maximum Gasteiger partial charge on any atom is 0.250 e. The average molecular weight is 527 g/mol. The van der Waals surface area contributed by atoms with E-state index in [9.17, 15) is 9.90 Å². The van der Waals surface area contributed by atoms with Crippen molar-refractivity contribution in [1.29, 1.82) is 0 Å². The standard InChI is InChI=1S/C28H23ClN6O3/c1-15(2)28(37)34-19-8-4-16(5-9-19)25-23(24-26(30)32-14-33-27(24)35(25)3)17-6-10-21(20(36)12-17)38-22-11-7-18(29)13-31-22/h4-14,36H,1H2,2-3H3,(H,34,37)(H2,30,32,33). The summed E-state index contributed by atoms with van der Waals surface area (Å²) >= 11 is 5.89. The molecule has 4 N–H and O–H groups in total. The van der Waals surface area contributed by atoms with Crippen molar-refractivity contribution in [3.05, 3.63) is 84.3 Å². The molecule has 0 radical (unpaired) electrons. The third-order valence-corrected chi connectivity index (χ3v) is 6.19. The number of nitrogens with zero attached hydrogens (tertiary/aromatic N) is 4. The van der Waals surface area contributed by atoms with Gasteiger partial charge in [-0.2, -0.15) is 0 Å². The predicted molar refractivity (Wildman–Crippen MR) is 148 cm³/mol. The maximum absolute atomic E-state index is 12.0. The Morgan fingerprint density at radius 3 is 2.47 bits per heavy atom. The van der Waals surface area contributed by atoms with Crippen molar-refractivity contribution in [2.75, 3.05) is 11.1 Å². The lowest BCUT2D eigenvalue weighted by molar-refractivity contribution is -0.112. The van der Waals surface area contributed by atoms with Gasteiger partial charge >= 0.3 is 0 Å². The molecule has 1 amide bonds. The number of phenols is 1. The van der Waals surface area contributed by atoms with E-state index in [0.717, 1.165) is 16.8 Å². The molecule has 0 aliphatic heterocycles. The van der Waals surface area contributed by atoms with Gasteiger partial charge in [0.15, 0.2) is 11.5 Å². The first-order valence-electron chi connectivity index (χ1n) is 11.5. The van der Waals surface area contributed by atoms with Gasteiger partial charge in [-0.25, -0.2) is 15.0 Å². The summed E-state index contributed by atoms with van der Waals surface area (Å²) in [7, 11) is 1.88. The fourth-order valence-electron chi connectivity index (χ4n) is 4.14. The maximum atomic E-state index is 12.0. The molecule has 0 bridgehead atoms. The molecular formula is C28H23ClN6O3. The molecule has 3 heterocycles. The highest BCUT2D eigenvalue weighted by Gasteiger charge is 2.23. The number of nitrogens with one attached hydrogen (secondary N) is 1. The van der Waals surface area contributed by atoms with Crippen LogP contribution in [0, 0.1) is 0 Å². The summed E-state index contributed by atoms with van der Waals surface area (Å²) in [5.74, 6) is 0.488. The number of hydrogen-bond donors (Lipinski definition) is 3. The Bertz CT molecular complexity index is 1700. The number of pyridine rings is 1. The van der Waals surface area contributed by atoms with Crippen LogP contribution >= 0.6 is 11.6 Å². The number of nitrogen functional groups attached to an aromatic ring is 1. The minimum absolute atomic E-state index is 0.0875. The van der Waals surface area contributed by atoms with Gasteiger partial charge in [-0.15, -0.1) is 0 Å². The summed E-state index contributed by atoms with van der Waals surface area (Å²) in [6, 6.07) is 15.7. The van der Waals surface area contributed by atoms with Crippen LogP contribution < -0.4 is 15.8 Å². The second kappa shape index (κ2) is 9.87. The summed E-state index contributed by atoms with van der Waals surface area (Å²) < 4.78 is 7.65. The minimum Gasteiger partial charge on any atom is -0.504 e. The van der Waals surface area contributed by atoms with E-state index in [1.54, 1.807) is 43.3 Å². The summed E-state index contributed by atoms with van der Waals surface area (Å²) in [5, 5.41) is 14.8. The number of anilines is 2. The van der Waals surface area contributed by atoms with E-state index in [1.165, 1.54) is 12.5 Å². The number of nitrogens with two attached hydrogens (primary N) is 1. The van der Waals surface area contributed by atoms with E-state index >= 15 is 0 Å². The number of carbonyl (C=O) groups excluding carboxylic acids is 1. The highest BCUT2D eigenvalue weighted by atomic mass is 35.5. The van der Waals surface area contributed by atoms with Gasteiger partial charge in [0.2, 0.25) is 5.88 Å². The smallest absolute Gasteiger partial charge is 0.250 e. The van der Waals surface area contributed by atoms with Crippen molar-refractivity contribution in [2.45, 2.75) is 6.92 Å². The largest absolute Gasteiger partial charge is 0.504 e. The minimum atomic E-state index is -0.252. The summed E-state index contributed by atoms with van der Waals surface area (Å²) in [6.45, 7) is 5.31. The zero-order chi connectivity index (χ0) is 27.0. The number of rotatable bonds is 6. The van der Waals surface area contributed by atoms with Crippen molar-refractivity contribution < 1.29 is 14.6 Å². The topological polar surface area (TPSA) is 128 Å². The fraction of sp³-hybridized carbons (Fsp3) is 0.0714. The number of carbonyl (C=O) groups is 1. The molecule has 0 fully saturated rings. The highest BCUT2D eigenvalue weighted by Crippen LogP contribution is 2.44. The van der Waals surface area contributed by atoms with E-state index in [1.807, 2.05) is 29.8 Å². The fourth-order valence-corrected chi connectivity index (χ4v) is 4.25. The molecule has 5 rings (SSSR count). The van der Waals surface area contributed by atoms with Gasteiger partial charge in [0.1, 0.15) is 17.8 Å². The molecular weight excluding hydrogens is 504 g/mol. The van der Waals surface area contributed by atoms with Gasteiger partial charge in [0.25, 0.3) is 5.91 Å². The van der Waals surface area contributed by atoms with E-state index in [2.05, 4.69) is 26.8 Å². The molecule has 0 spiro atoms. The second-order valence-corrected chi connectivity index (χ2v) is 9.09. The molecule has 38 heavy (non-hydrogen) atoms. The summed E-state index contributed by atoms with van der Waals surface area (Å²) in [4.78, 5) is 24.8. The predicted octanol–water partition coefficient (Wildman–Crippen LogP) is 5.95. The molecule has 0 aliphatic carbocycles. The molecule has 0 saturated carbocycles. The van der Waals surface area contributed by atoms with Crippen molar-refractivity contribution in [3.63, 3.8) is 0 Å². The molecule has 0 saturated heterocycles. The van der Waals surface area contributed by atoms with Crippen LogP contribution in [0.3, 0.4) is 0 Å². The lowest BCUT2D eigenvalue weighted by Crippen LogP contribution is -2.11. The first kappa shape index (κ1) is 24.8. The molecule has 0 atom stereocenters. The van der Waals surface area contributed by atoms with E-state index < -0.39 is 0 Å². The van der Waals surface area contributed by atoms with Gasteiger partial charge in [-0.1, -0.05) is 36.4 Å². The van der Waals surface area contributed by atoms with Crippen molar-refractivity contribution >= 4 is 40.0 Å². The second-order valence-electron chi connectivity index (χ2n) is 8.65. The number of aryl methyl sites for hydroxylation is 1. The van der Waals surface area contributed by atoms with Crippen LogP contribution in [0.2, 0.25) is 5.02 Å².